The Morgan fingerprint density at radius 3 is 2.56 bits per heavy atom. The fourth-order valence-electron chi connectivity index (χ4n) is 5.72. The van der Waals surface area contributed by atoms with E-state index in [0.29, 0.717) is 22.4 Å². The fraction of sp³-hybridized carbons (Fsp3) is 0.414. The molecule has 1 fully saturated rings. The van der Waals surface area contributed by atoms with Crippen LogP contribution in [-0.4, -0.2) is 21.2 Å². The number of fused-ring (bicyclic) bond motifs is 4. The number of nitrogens with zero attached hydrogens (tertiary/aromatic N) is 2. The van der Waals surface area contributed by atoms with Crippen LogP contribution in [0.15, 0.2) is 58.5 Å². The first-order valence-corrected chi connectivity index (χ1v) is 14.1. The minimum Gasteiger partial charge on any atom is -0.325 e. The second-order valence-corrected chi connectivity index (χ2v) is 11.8. The Morgan fingerprint density at radius 1 is 1.11 bits per heavy atom. The highest BCUT2D eigenvalue weighted by Crippen LogP contribution is 2.48. The molecule has 1 aromatic heterocycles. The zero-order valence-electron chi connectivity index (χ0n) is 20.9. The molecule has 5 nitrogen and oxygen atoms in total. The molecule has 3 aromatic rings. The zero-order valence-corrected chi connectivity index (χ0v) is 22.4. The van der Waals surface area contributed by atoms with Crippen molar-refractivity contribution < 1.29 is 4.79 Å². The molecular formula is C29H32ClN3O2S. The maximum atomic E-state index is 14.2. The van der Waals surface area contributed by atoms with Crippen LogP contribution in [0.3, 0.4) is 0 Å². The third-order valence-electron chi connectivity index (χ3n) is 7.28. The molecule has 188 valence electrons. The van der Waals surface area contributed by atoms with Crippen molar-refractivity contribution in [2.24, 2.45) is 5.92 Å². The molecule has 1 heterocycles. The molecule has 0 bridgehead atoms. The lowest BCUT2D eigenvalue weighted by atomic mass is 9.62. The Hall–Kier alpha value is -2.57. The molecular weight excluding hydrogens is 490 g/mol. The molecule has 36 heavy (non-hydrogen) atoms. The smallest absolute Gasteiger partial charge is 0.258 e. The number of rotatable bonds is 6. The van der Waals surface area contributed by atoms with Gasteiger partial charge in [0.1, 0.15) is 0 Å². The van der Waals surface area contributed by atoms with E-state index in [2.05, 4.69) is 37.4 Å². The van der Waals surface area contributed by atoms with Gasteiger partial charge in [0, 0.05) is 28.2 Å². The van der Waals surface area contributed by atoms with Crippen molar-refractivity contribution in [3.63, 3.8) is 0 Å². The van der Waals surface area contributed by atoms with E-state index in [4.69, 9.17) is 16.6 Å². The second-order valence-electron chi connectivity index (χ2n) is 10.4. The van der Waals surface area contributed by atoms with Crippen molar-refractivity contribution >= 4 is 35.0 Å². The summed E-state index contributed by atoms with van der Waals surface area (Å²) in [4.78, 5) is 32.1. The van der Waals surface area contributed by atoms with Gasteiger partial charge in [-0.1, -0.05) is 80.7 Å². The lowest BCUT2D eigenvalue weighted by Gasteiger charge is -2.42. The minimum atomic E-state index is -0.144. The third-order valence-corrected chi connectivity index (χ3v) is 8.51. The highest BCUT2D eigenvalue weighted by atomic mass is 35.5. The average molecular weight is 522 g/mol. The van der Waals surface area contributed by atoms with Crippen LogP contribution < -0.4 is 10.9 Å². The molecule has 2 aliphatic carbocycles. The van der Waals surface area contributed by atoms with Gasteiger partial charge in [-0.2, -0.15) is 0 Å². The van der Waals surface area contributed by atoms with Crippen LogP contribution in [0.25, 0.3) is 11.3 Å². The minimum absolute atomic E-state index is 0.0747. The first kappa shape index (κ1) is 25.1. The molecule has 1 amide bonds. The maximum absolute atomic E-state index is 14.2. The Kier molecular flexibility index (Phi) is 7.27. The largest absolute Gasteiger partial charge is 0.325 e. The van der Waals surface area contributed by atoms with E-state index >= 15 is 0 Å². The van der Waals surface area contributed by atoms with Crippen LogP contribution in [-0.2, 0) is 23.2 Å². The summed E-state index contributed by atoms with van der Waals surface area (Å²) in [5.41, 5.74) is 4.68. The molecule has 0 atom stereocenters. The number of carbonyl (C=O) groups excluding carboxylic acids is 1. The summed E-state index contributed by atoms with van der Waals surface area (Å²) < 4.78 is 1.83. The van der Waals surface area contributed by atoms with Crippen molar-refractivity contribution in [3.05, 3.63) is 75.0 Å². The lowest BCUT2D eigenvalue weighted by molar-refractivity contribution is -0.113. The zero-order chi connectivity index (χ0) is 25.3. The predicted octanol–water partition coefficient (Wildman–Crippen LogP) is 6.71. The summed E-state index contributed by atoms with van der Waals surface area (Å²) in [7, 11) is 0. The summed E-state index contributed by atoms with van der Waals surface area (Å²) in [6.45, 7) is 4.80. The Balaban J connectivity index is 1.54. The summed E-state index contributed by atoms with van der Waals surface area (Å²) >= 11 is 7.28. The van der Waals surface area contributed by atoms with Gasteiger partial charge in [0.05, 0.1) is 17.0 Å². The molecule has 0 saturated heterocycles. The number of amides is 1. The van der Waals surface area contributed by atoms with Crippen LogP contribution in [0.2, 0.25) is 5.02 Å². The van der Waals surface area contributed by atoms with Crippen molar-refractivity contribution in [2.75, 3.05) is 11.1 Å². The highest BCUT2D eigenvalue weighted by molar-refractivity contribution is 7.99. The lowest BCUT2D eigenvalue weighted by Crippen LogP contribution is -2.43. The molecule has 0 unspecified atom stereocenters. The van der Waals surface area contributed by atoms with Crippen LogP contribution in [0.5, 0.6) is 0 Å². The molecule has 0 radical (unpaired) electrons. The fourth-order valence-corrected chi connectivity index (χ4v) is 6.65. The standard InChI is InChI=1S/C29H32ClN3O2S/c1-19(2)17-33-27(35)25-26(23-9-5-4-8-20(23)16-29(25)14-6-3-7-15-29)32-28(33)36-18-24(34)31-22-12-10-21(30)11-13-22/h4-5,8-13,19H,3,6-7,14-18H2,1-2H3,(H,31,34). The molecule has 7 heteroatoms. The number of aromatic nitrogens is 2. The molecule has 1 saturated carbocycles. The predicted molar refractivity (Wildman–Crippen MR) is 148 cm³/mol. The van der Waals surface area contributed by atoms with Crippen LogP contribution in [0.1, 0.15) is 57.1 Å². The van der Waals surface area contributed by atoms with Gasteiger partial charge in [0.2, 0.25) is 5.91 Å². The van der Waals surface area contributed by atoms with E-state index in [0.717, 1.165) is 48.9 Å². The van der Waals surface area contributed by atoms with Crippen LogP contribution >= 0.6 is 23.4 Å². The van der Waals surface area contributed by atoms with E-state index in [1.807, 2.05) is 10.6 Å². The molecule has 1 N–H and O–H groups in total. The summed E-state index contributed by atoms with van der Waals surface area (Å²) in [5, 5.41) is 4.14. The monoisotopic (exact) mass is 521 g/mol. The SMILES string of the molecule is CC(C)Cn1c(SCC(=O)Nc2ccc(Cl)cc2)nc2c(c1=O)C1(CCCCC1)Cc1ccccc1-2. The first-order chi connectivity index (χ1) is 17.4. The van der Waals surface area contributed by atoms with E-state index in [1.54, 1.807) is 24.3 Å². The van der Waals surface area contributed by atoms with Crippen molar-refractivity contribution in [1.29, 1.82) is 0 Å². The van der Waals surface area contributed by atoms with Gasteiger partial charge < -0.3 is 5.32 Å². The average Bonchev–Trinajstić information content (AvgIpc) is 2.86. The molecule has 0 aliphatic heterocycles. The Bertz CT molecular complexity index is 1330. The first-order valence-electron chi connectivity index (χ1n) is 12.8. The quantitative estimate of drug-likeness (QED) is 0.289. The number of halogens is 1. The number of benzene rings is 2. The van der Waals surface area contributed by atoms with E-state index in [1.165, 1.54) is 23.7 Å². The number of anilines is 1. The van der Waals surface area contributed by atoms with Gasteiger partial charge in [0.25, 0.3) is 5.56 Å². The number of hydrogen-bond donors (Lipinski definition) is 1. The van der Waals surface area contributed by atoms with Gasteiger partial charge in [-0.05, 0) is 55.0 Å². The van der Waals surface area contributed by atoms with Gasteiger partial charge in [0.15, 0.2) is 5.16 Å². The van der Waals surface area contributed by atoms with Gasteiger partial charge >= 0.3 is 0 Å². The van der Waals surface area contributed by atoms with Crippen molar-refractivity contribution in [2.45, 2.75) is 69.5 Å². The Morgan fingerprint density at radius 2 is 1.83 bits per heavy atom. The van der Waals surface area contributed by atoms with E-state index in [-0.39, 0.29) is 28.6 Å². The number of carbonyl (C=O) groups is 1. The molecule has 5 rings (SSSR count). The van der Waals surface area contributed by atoms with E-state index in [9.17, 15) is 9.59 Å². The van der Waals surface area contributed by atoms with Crippen LogP contribution in [0, 0.1) is 5.92 Å². The Labute approximate surface area is 221 Å². The number of thioether (sulfide) groups is 1. The highest BCUT2D eigenvalue weighted by Gasteiger charge is 2.43. The summed E-state index contributed by atoms with van der Waals surface area (Å²) in [6, 6.07) is 15.4. The second kappa shape index (κ2) is 10.4. The molecule has 2 aliphatic rings. The normalized spacial score (nSPS) is 16.0. The van der Waals surface area contributed by atoms with Gasteiger partial charge in [-0.3, -0.25) is 14.2 Å². The van der Waals surface area contributed by atoms with Crippen molar-refractivity contribution in [3.8, 4) is 11.3 Å². The molecule has 1 spiro atoms. The summed E-state index contributed by atoms with van der Waals surface area (Å²) in [5.74, 6) is 0.302. The summed E-state index contributed by atoms with van der Waals surface area (Å²) in [6.07, 6.45) is 6.48. The van der Waals surface area contributed by atoms with E-state index < -0.39 is 0 Å². The third kappa shape index (κ3) is 4.98. The topological polar surface area (TPSA) is 64.0 Å². The number of nitrogens with one attached hydrogen (secondary N) is 1. The number of hydrogen-bond acceptors (Lipinski definition) is 4. The van der Waals surface area contributed by atoms with Crippen LogP contribution in [0.4, 0.5) is 5.69 Å². The van der Waals surface area contributed by atoms with Gasteiger partial charge in [-0.25, -0.2) is 4.98 Å². The molecule has 2 aromatic carbocycles. The van der Waals surface area contributed by atoms with Gasteiger partial charge in [-0.15, -0.1) is 0 Å². The van der Waals surface area contributed by atoms with Crippen molar-refractivity contribution in [1.82, 2.24) is 9.55 Å². The maximum Gasteiger partial charge on any atom is 0.258 e.